The fourth-order valence-corrected chi connectivity index (χ4v) is 2.46. The standard InChI is InChI=1S/C18H22ClN5O4.C2H6/c1-20-24-16(5-3-6-17(25)26)23-18-12-9-14(27-2)15(28-8-4-7-19)10-13(12)21-11-22-18;1-2/h5,9-11,24H,1,3-4,6-8H2,2H3,(H,25,26)(H,21,22,23);1-2H3/b16-5-;. The maximum atomic E-state index is 10.7. The summed E-state index contributed by atoms with van der Waals surface area (Å²) < 4.78 is 11.1. The molecule has 0 atom stereocenters. The number of aliphatic carboxylic acids is 1. The van der Waals surface area contributed by atoms with Gasteiger partial charge in [-0.3, -0.25) is 10.2 Å². The number of ether oxygens (including phenoxy) is 2. The third-order valence-corrected chi connectivity index (χ3v) is 3.88. The Hall–Kier alpha value is -3.07. The van der Waals surface area contributed by atoms with Crippen molar-refractivity contribution in [3.8, 4) is 11.5 Å². The number of benzene rings is 1. The van der Waals surface area contributed by atoms with Crippen LogP contribution >= 0.6 is 11.6 Å². The van der Waals surface area contributed by atoms with Crippen LogP contribution in [0, 0.1) is 0 Å². The van der Waals surface area contributed by atoms with Gasteiger partial charge in [0.1, 0.15) is 18.0 Å². The molecule has 2 aromatic rings. The van der Waals surface area contributed by atoms with Crippen molar-refractivity contribution >= 4 is 41.0 Å². The van der Waals surface area contributed by atoms with Gasteiger partial charge in [0.05, 0.1) is 19.2 Å². The highest BCUT2D eigenvalue weighted by atomic mass is 35.5. The van der Waals surface area contributed by atoms with Gasteiger partial charge in [-0.1, -0.05) is 13.8 Å². The zero-order valence-electron chi connectivity index (χ0n) is 17.4. The molecule has 10 heteroatoms. The van der Waals surface area contributed by atoms with Crippen molar-refractivity contribution in [2.24, 2.45) is 5.10 Å². The summed E-state index contributed by atoms with van der Waals surface area (Å²) in [5.74, 6) is 1.67. The number of carbonyl (C=O) groups is 1. The molecule has 0 unspecified atom stereocenters. The van der Waals surface area contributed by atoms with E-state index in [9.17, 15) is 4.79 Å². The molecule has 1 aromatic heterocycles. The second-order valence-electron chi connectivity index (χ2n) is 5.58. The first kappa shape index (κ1) is 25.0. The van der Waals surface area contributed by atoms with E-state index >= 15 is 0 Å². The predicted molar refractivity (Wildman–Crippen MR) is 120 cm³/mol. The molecule has 0 bridgehead atoms. The molecule has 0 aliphatic rings. The Morgan fingerprint density at radius 3 is 2.73 bits per heavy atom. The Morgan fingerprint density at radius 2 is 2.10 bits per heavy atom. The lowest BCUT2D eigenvalue weighted by atomic mass is 10.2. The zero-order chi connectivity index (χ0) is 22.4. The number of carboxylic acid groups (broad SMARTS) is 1. The number of hydrogen-bond donors (Lipinski definition) is 3. The van der Waals surface area contributed by atoms with Gasteiger partial charge >= 0.3 is 5.97 Å². The Kier molecular flexibility index (Phi) is 11.7. The normalized spacial score (nSPS) is 10.6. The van der Waals surface area contributed by atoms with Crippen LogP contribution in [0.15, 0.2) is 35.5 Å². The average Bonchev–Trinajstić information content (AvgIpc) is 2.75. The number of carboxylic acids is 1. The van der Waals surface area contributed by atoms with E-state index in [2.05, 4.69) is 32.5 Å². The number of aromatic nitrogens is 2. The molecule has 1 heterocycles. The number of anilines is 1. The van der Waals surface area contributed by atoms with Gasteiger partial charge < -0.3 is 19.9 Å². The van der Waals surface area contributed by atoms with Crippen LogP contribution in [0.4, 0.5) is 5.82 Å². The highest BCUT2D eigenvalue weighted by Gasteiger charge is 2.12. The number of fused-ring (bicyclic) bond motifs is 1. The number of nitrogens with one attached hydrogen (secondary N) is 2. The molecule has 0 aliphatic carbocycles. The first-order chi connectivity index (χ1) is 14.6. The quantitative estimate of drug-likeness (QED) is 0.197. The highest BCUT2D eigenvalue weighted by molar-refractivity contribution is 6.17. The van der Waals surface area contributed by atoms with E-state index in [0.717, 1.165) is 0 Å². The van der Waals surface area contributed by atoms with Crippen molar-refractivity contribution in [1.82, 2.24) is 15.4 Å². The van der Waals surface area contributed by atoms with Crippen molar-refractivity contribution in [2.45, 2.75) is 33.1 Å². The minimum atomic E-state index is -0.888. The molecule has 0 amide bonds. The van der Waals surface area contributed by atoms with Crippen LogP contribution in [0.25, 0.3) is 10.9 Å². The Balaban J connectivity index is 0.00000218. The van der Waals surface area contributed by atoms with Crippen molar-refractivity contribution < 1.29 is 19.4 Å². The first-order valence-corrected chi connectivity index (χ1v) is 10.0. The molecule has 0 aliphatic heterocycles. The minimum Gasteiger partial charge on any atom is -0.493 e. The molecule has 0 radical (unpaired) electrons. The summed E-state index contributed by atoms with van der Waals surface area (Å²) in [5.41, 5.74) is 3.33. The number of methoxy groups -OCH3 is 1. The van der Waals surface area contributed by atoms with Gasteiger partial charge in [0.2, 0.25) is 0 Å². The van der Waals surface area contributed by atoms with Crippen LogP contribution in [0.3, 0.4) is 0 Å². The lowest BCUT2D eigenvalue weighted by Crippen LogP contribution is -2.15. The molecule has 0 fully saturated rings. The predicted octanol–water partition coefficient (Wildman–Crippen LogP) is 4.00. The summed E-state index contributed by atoms with van der Waals surface area (Å²) in [6.45, 7) is 7.85. The van der Waals surface area contributed by atoms with Crippen LogP contribution < -0.4 is 20.2 Å². The van der Waals surface area contributed by atoms with Gasteiger partial charge in [-0.05, 0) is 25.0 Å². The molecule has 0 saturated carbocycles. The van der Waals surface area contributed by atoms with Crippen molar-refractivity contribution in [3.05, 3.63) is 30.4 Å². The smallest absolute Gasteiger partial charge is 0.303 e. The van der Waals surface area contributed by atoms with E-state index in [0.29, 0.717) is 59.4 Å². The van der Waals surface area contributed by atoms with Crippen LogP contribution in [-0.2, 0) is 4.79 Å². The first-order valence-electron chi connectivity index (χ1n) is 9.51. The van der Waals surface area contributed by atoms with Gasteiger partial charge in [0.25, 0.3) is 0 Å². The van der Waals surface area contributed by atoms with E-state index in [1.165, 1.54) is 6.33 Å². The number of halogens is 1. The van der Waals surface area contributed by atoms with Crippen LogP contribution in [0.1, 0.15) is 33.1 Å². The SMILES string of the molecule is C=NN/C(=C\CCC(=O)O)Nc1ncnc2cc(OCCCCl)c(OC)cc12.CC. The fraction of sp³-hybridized carbons (Fsp3) is 0.400. The van der Waals surface area contributed by atoms with E-state index in [1.54, 1.807) is 25.3 Å². The Morgan fingerprint density at radius 1 is 1.33 bits per heavy atom. The second-order valence-corrected chi connectivity index (χ2v) is 5.96. The maximum Gasteiger partial charge on any atom is 0.303 e. The van der Waals surface area contributed by atoms with E-state index in [-0.39, 0.29) is 6.42 Å². The van der Waals surface area contributed by atoms with Crippen molar-refractivity contribution in [2.75, 3.05) is 24.9 Å². The van der Waals surface area contributed by atoms with Gasteiger partial charge in [-0.15, -0.1) is 11.6 Å². The molecule has 0 saturated heterocycles. The second kappa shape index (κ2) is 14.0. The summed E-state index contributed by atoms with van der Waals surface area (Å²) in [7, 11) is 1.55. The van der Waals surface area contributed by atoms with Crippen LogP contribution in [0.2, 0.25) is 0 Å². The van der Waals surface area contributed by atoms with E-state index in [1.807, 2.05) is 13.8 Å². The van der Waals surface area contributed by atoms with Crippen molar-refractivity contribution in [3.63, 3.8) is 0 Å². The molecule has 1 aromatic carbocycles. The van der Waals surface area contributed by atoms with Gasteiger partial charge in [0.15, 0.2) is 11.5 Å². The zero-order valence-corrected chi connectivity index (χ0v) is 18.2. The average molecular weight is 438 g/mol. The van der Waals surface area contributed by atoms with E-state index in [4.69, 9.17) is 26.2 Å². The molecular weight excluding hydrogens is 410 g/mol. The minimum absolute atomic E-state index is 0.00858. The molecular formula is C20H28ClN5O4. The van der Waals surface area contributed by atoms with Crippen molar-refractivity contribution in [1.29, 1.82) is 0 Å². The van der Waals surface area contributed by atoms with Gasteiger partial charge in [-0.2, -0.15) is 5.10 Å². The fourth-order valence-electron chi connectivity index (χ4n) is 2.35. The number of hydrogen-bond acceptors (Lipinski definition) is 8. The highest BCUT2D eigenvalue weighted by Crippen LogP contribution is 2.34. The molecule has 2 rings (SSSR count). The number of alkyl halides is 1. The summed E-state index contributed by atoms with van der Waals surface area (Å²) in [6.07, 6.45) is 4.09. The van der Waals surface area contributed by atoms with E-state index < -0.39 is 5.97 Å². The topological polar surface area (TPSA) is 118 Å². The van der Waals surface area contributed by atoms with Crippen LogP contribution in [-0.4, -0.2) is 47.4 Å². The Bertz CT molecular complexity index is 860. The molecule has 164 valence electrons. The van der Waals surface area contributed by atoms with Gasteiger partial charge in [-0.25, -0.2) is 9.97 Å². The lowest BCUT2D eigenvalue weighted by Gasteiger charge is -2.14. The van der Waals surface area contributed by atoms with Gasteiger partial charge in [0, 0.05) is 30.5 Å². The summed E-state index contributed by atoms with van der Waals surface area (Å²) in [5, 5.41) is 16.2. The summed E-state index contributed by atoms with van der Waals surface area (Å²) in [4.78, 5) is 19.2. The number of allylic oxidation sites excluding steroid dienone is 1. The summed E-state index contributed by atoms with van der Waals surface area (Å²) in [6, 6.07) is 3.53. The number of hydrazone groups is 1. The largest absolute Gasteiger partial charge is 0.493 e. The number of nitrogens with zero attached hydrogens (tertiary/aromatic N) is 3. The Labute approximate surface area is 181 Å². The molecule has 0 spiro atoms. The van der Waals surface area contributed by atoms with Crippen LogP contribution in [0.5, 0.6) is 11.5 Å². The summed E-state index contributed by atoms with van der Waals surface area (Å²) >= 11 is 5.69. The third kappa shape index (κ3) is 7.75. The lowest BCUT2D eigenvalue weighted by molar-refractivity contribution is -0.136. The monoisotopic (exact) mass is 437 g/mol. The molecule has 30 heavy (non-hydrogen) atoms. The third-order valence-electron chi connectivity index (χ3n) is 3.62. The maximum absolute atomic E-state index is 10.7. The molecule has 3 N–H and O–H groups in total. The molecule has 9 nitrogen and oxygen atoms in total. The number of rotatable bonds is 12.